The Kier molecular flexibility index (Phi) is 7.69. The van der Waals surface area contributed by atoms with E-state index in [-0.39, 0.29) is 5.97 Å². The molecule has 0 amide bonds. The number of likely N-dealkylation sites (N-methyl/N-ethyl adjacent to an activating group) is 1. The van der Waals surface area contributed by atoms with Crippen LogP contribution in [0.1, 0.15) is 19.4 Å². The molecule has 0 aliphatic rings. The summed E-state index contributed by atoms with van der Waals surface area (Å²) in [7, 11) is 0. The molecule has 0 bridgehead atoms. The van der Waals surface area contributed by atoms with Gasteiger partial charge in [0.2, 0.25) is 0 Å². The predicted molar refractivity (Wildman–Crippen MR) is 78.6 cm³/mol. The van der Waals surface area contributed by atoms with Gasteiger partial charge in [-0.05, 0) is 31.2 Å². The number of carbonyl (C=O) groups is 1. The Labute approximate surface area is 120 Å². The summed E-state index contributed by atoms with van der Waals surface area (Å²) in [6, 6.07) is 7.72. The van der Waals surface area contributed by atoms with Crippen LogP contribution in [0.5, 0.6) is 5.75 Å². The van der Waals surface area contributed by atoms with Crippen molar-refractivity contribution in [3.8, 4) is 5.75 Å². The van der Waals surface area contributed by atoms with E-state index in [2.05, 4.69) is 0 Å². The van der Waals surface area contributed by atoms with Crippen LogP contribution in [0.4, 0.5) is 0 Å². The fourth-order valence-corrected chi connectivity index (χ4v) is 1.79. The Morgan fingerprint density at radius 3 is 2.80 bits per heavy atom. The average Bonchev–Trinajstić information content (AvgIpc) is 2.46. The summed E-state index contributed by atoms with van der Waals surface area (Å²) in [4.78, 5) is 13.4. The van der Waals surface area contributed by atoms with Crippen molar-refractivity contribution in [1.82, 2.24) is 4.90 Å². The van der Waals surface area contributed by atoms with Crippen LogP contribution < -0.4 is 10.5 Å². The molecule has 0 fully saturated rings. The minimum absolute atomic E-state index is 0.195. The van der Waals surface area contributed by atoms with E-state index in [1.54, 1.807) is 0 Å². The van der Waals surface area contributed by atoms with Gasteiger partial charge in [0.05, 0.1) is 13.2 Å². The lowest BCUT2D eigenvalue weighted by Crippen LogP contribution is -2.34. The second-order valence-corrected chi connectivity index (χ2v) is 4.37. The zero-order valence-electron chi connectivity index (χ0n) is 12.3. The van der Waals surface area contributed by atoms with Crippen molar-refractivity contribution < 1.29 is 14.3 Å². The quantitative estimate of drug-likeness (QED) is 0.693. The van der Waals surface area contributed by atoms with Crippen molar-refractivity contribution >= 4 is 5.97 Å². The van der Waals surface area contributed by atoms with E-state index in [9.17, 15) is 4.79 Å². The summed E-state index contributed by atoms with van der Waals surface area (Å²) in [5.41, 5.74) is 6.63. The van der Waals surface area contributed by atoms with E-state index in [0.717, 1.165) is 17.9 Å². The molecule has 1 aromatic carbocycles. The molecule has 0 aromatic heterocycles. The fourth-order valence-electron chi connectivity index (χ4n) is 1.79. The summed E-state index contributed by atoms with van der Waals surface area (Å²) < 4.78 is 10.6. The minimum Gasteiger partial charge on any atom is -0.492 e. The predicted octanol–water partition coefficient (Wildman–Crippen LogP) is 1.41. The van der Waals surface area contributed by atoms with E-state index >= 15 is 0 Å². The van der Waals surface area contributed by atoms with Crippen molar-refractivity contribution in [2.24, 2.45) is 5.73 Å². The minimum atomic E-state index is -0.195. The third kappa shape index (κ3) is 6.04. The molecule has 5 heteroatoms. The van der Waals surface area contributed by atoms with Crippen LogP contribution >= 0.6 is 0 Å². The zero-order valence-corrected chi connectivity index (χ0v) is 12.3. The molecule has 1 rings (SSSR count). The molecule has 0 unspecified atom stereocenters. The first kappa shape index (κ1) is 16.5. The maximum atomic E-state index is 11.4. The first-order valence-electron chi connectivity index (χ1n) is 6.99. The molecule has 0 aliphatic carbocycles. The molecular formula is C15H24N2O3. The lowest BCUT2D eigenvalue weighted by molar-refractivity contribution is -0.144. The molecule has 0 saturated heterocycles. The number of nitrogens with two attached hydrogens (primary N) is 1. The number of rotatable bonds is 9. The lowest BCUT2D eigenvalue weighted by Gasteiger charge is -2.19. The van der Waals surface area contributed by atoms with Gasteiger partial charge < -0.3 is 15.2 Å². The van der Waals surface area contributed by atoms with Gasteiger partial charge in [-0.15, -0.1) is 0 Å². The largest absolute Gasteiger partial charge is 0.492 e. The Balaban J connectivity index is 2.35. The number of ether oxygens (including phenoxy) is 2. The number of nitrogens with zero attached hydrogens (tertiary/aromatic N) is 1. The van der Waals surface area contributed by atoms with Crippen LogP contribution in [-0.2, 0) is 16.1 Å². The van der Waals surface area contributed by atoms with Crippen LogP contribution in [0.25, 0.3) is 0 Å². The molecular weight excluding hydrogens is 256 g/mol. The highest BCUT2D eigenvalue weighted by Crippen LogP contribution is 2.12. The van der Waals surface area contributed by atoms with Gasteiger partial charge in [0.15, 0.2) is 0 Å². The number of hydrogen-bond donors (Lipinski definition) is 1. The van der Waals surface area contributed by atoms with Gasteiger partial charge in [0, 0.05) is 13.1 Å². The Morgan fingerprint density at radius 1 is 1.35 bits per heavy atom. The standard InChI is InChI=1S/C15H24N2O3/c1-3-17(12-15(18)19-4-2)8-9-20-14-7-5-6-13(10-14)11-16/h5-7,10H,3-4,8-9,11-12,16H2,1-2H3. The van der Waals surface area contributed by atoms with Gasteiger partial charge in [-0.25, -0.2) is 0 Å². The third-order valence-electron chi connectivity index (χ3n) is 2.92. The van der Waals surface area contributed by atoms with Crippen LogP contribution in [0, 0.1) is 0 Å². The highest BCUT2D eigenvalue weighted by atomic mass is 16.5. The number of carbonyl (C=O) groups excluding carboxylic acids is 1. The van der Waals surface area contributed by atoms with E-state index in [1.165, 1.54) is 0 Å². The van der Waals surface area contributed by atoms with Crippen molar-refractivity contribution in [3.05, 3.63) is 29.8 Å². The molecule has 0 saturated carbocycles. The lowest BCUT2D eigenvalue weighted by atomic mass is 10.2. The molecule has 0 heterocycles. The maximum Gasteiger partial charge on any atom is 0.320 e. The van der Waals surface area contributed by atoms with E-state index < -0.39 is 0 Å². The Hall–Kier alpha value is -1.59. The normalized spacial score (nSPS) is 10.6. The summed E-state index contributed by atoms with van der Waals surface area (Å²) in [6.45, 7) is 7.03. The summed E-state index contributed by atoms with van der Waals surface area (Å²) in [6.07, 6.45) is 0. The summed E-state index contributed by atoms with van der Waals surface area (Å²) in [5.74, 6) is 0.611. The molecule has 20 heavy (non-hydrogen) atoms. The van der Waals surface area contributed by atoms with Crippen LogP contribution in [0.2, 0.25) is 0 Å². The molecule has 0 radical (unpaired) electrons. The van der Waals surface area contributed by atoms with Gasteiger partial charge in [0.1, 0.15) is 12.4 Å². The van der Waals surface area contributed by atoms with Gasteiger partial charge >= 0.3 is 5.97 Å². The van der Waals surface area contributed by atoms with Crippen molar-refractivity contribution in [1.29, 1.82) is 0 Å². The third-order valence-corrected chi connectivity index (χ3v) is 2.92. The monoisotopic (exact) mass is 280 g/mol. The van der Waals surface area contributed by atoms with Crippen molar-refractivity contribution in [2.75, 3.05) is 32.8 Å². The topological polar surface area (TPSA) is 64.8 Å². The van der Waals surface area contributed by atoms with Gasteiger partial charge in [-0.1, -0.05) is 19.1 Å². The summed E-state index contributed by atoms with van der Waals surface area (Å²) >= 11 is 0. The number of esters is 1. The molecule has 2 N–H and O–H groups in total. The molecule has 0 aliphatic heterocycles. The van der Waals surface area contributed by atoms with Crippen molar-refractivity contribution in [3.63, 3.8) is 0 Å². The highest BCUT2D eigenvalue weighted by molar-refractivity contribution is 5.71. The zero-order chi connectivity index (χ0) is 14.8. The van der Waals surface area contributed by atoms with Gasteiger partial charge in [-0.3, -0.25) is 9.69 Å². The van der Waals surface area contributed by atoms with Gasteiger partial charge in [0.25, 0.3) is 0 Å². The molecule has 1 aromatic rings. The second-order valence-electron chi connectivity index (χ2n) is 4.37. The Bertz CT molecular complexity index is 410. The van der Waals surface area contributed by atoms with E-state index in [1.807, 2.05) is 43.0 Å². The first-order chi connectivity index (χ1) is 9.69. The Morgan fingerprint density at radius 2 is 2.15 bits per heavy atom. The second kappa shape index (κ2) is 9.34. The van der Waals surface area contributed by atoms with Crippen LogP contribution in [0.3, 0.4) is 0 Å². The summed E-state index contributed by atoms with van der Waals surface area (Å²) in [5, 5.41) is 0. The molecule has 0 atom stereocenters. The van der Waals surface area contributed by atoms with E-state index in [4.69, 9.17) is 15.2 Å². The highest BCUT2D eigenvalue weighted by Gasteiger charge is 2.09. The van der Waals surface area contributed by atoms with E-state index in [0.29, 0.717) is 32.8 Å². The number of benzene rings is 1. The average molecular weight is 280 g/mol. The SMILES string of the molecule is CCOC(=O)CN(CC)CCOc1cccc(CN)c1. The smallest absolute Gasteiger partial charge is 0.320 e. The van der Waals surface area contributed by atoms with Crippen LogP contribution in [0.15, 0.2) is 24.3 Å². The van der Waals surface area contributed by atoms with Crippen LogP contribution in [-0.4, -0.2) is 43.7 Å². The van der Waals surface area contributed by atoms with Crippen molar-refractivity contribution in [2.45, 2.75) is 20.4 Å². The fraction of sp³-hybridized carbons (Fsp3) is 0.533. The maximum absolute atomic E-state index is 11.4. The van der Waals surface area contributed by atoms with Gasteiger partial charge in [-0.2, -0.15) is 0 Å². The number of hydrogen-bond acceptors (Lipinski definition) is 5. The molecule has 0 spiro atoms. The molecule has 5 nitrogen and oxygen atoms in total. The molecule has 112 valence electrons. The first-order valence-corrected chi connectivity index (χ1v) is 6.99.